The van der Waals surface area contributed by atoms with E-state index in [1.165, 1.54) is 0 Å². The third kappa shape index (κ3) is 3.69. The number of carbonyl (C=O) groups excluding carboxylic acids is 3. The van der Waals surface area contributed by atoms with Gasteiger partial charge in [0.2, 0.25) is 11.8 Å². The van der Waals surface area contributed by atoms with Gasteiger partial charge in [0.15, 0.2) is 0 Å². The molecule has 1 fully saturated rings. The van der Waals surface area contributed by atoms with Crippen molar-refractivity contribution in [2.75, 3.05) is 13.7 Å². The number of nitrogens with one attached hydrogen (secondary N) is 1. The van der Waals surface area contributed by atoms with Crippen molar-refractivity contribution in [1.29, 1.82) is 0 Å². The maximum absolute atomic E-state index is 12.4. The third-order valence-corrected chi connectivity index (χ3v) is 4.71. The summed E-state index contributed by atoms with van der Waals surface area (Å²) in [5.74, 6) is -1.79. The molecular formula is C17H21BrN2O5. The Morgan fingerprint density at radius 1 is 1.36 bits per heavy atom. The minimum atomic E-state index is -2.17. The van der Waals surface area contributed by atoms with E-state index < -0.39 is 28.0 Å². The minimum absolute atomic E-state index is 0.0139. The lowest BCUT2D eigenvalue weighted by molar-refractivity contribution is -0.208. The summed E-state index contributed by atoms with van der Waals surface area (Å²) in [4.78, 5) is 37.5. The molecule has 2 amide bonds. The minimum Gasteiger partial charge on any atom is -0.465 e. The summed E-state index contributed by atoms with van der Waals surface area (Å²) in [6.07, 6.45) is 0.149. The Labute approximate surface area is 154 Å². The molecular weight excluding hydrogens is 392 g/mol. The number of amides is 2. The summed E-state index contributed by atoms with van der Waals surface area (Å²) < 4.78 is 3.51. The first-order chi connectivity index (χ1) is 11.6. The first kappa shape index (κ1) is 19.4. The molecule has 25 heavy (non-hydrogen) atoms. The molecule has 7 nitrogen and oxygen atoms in total. The molecule has 0 aromatic heterocycles. The van der Waals surface area contributed by atoms with Gasteiger partial charge < -0.3 is 15.2 Å². The quantitative estimate of drug-likeness (QED) is 0.405. The molecule has 0 bridgehead atoms. The Balaban J connectivity index is 2.02. The van der Waals surface area contributed by atoms with Crippen molar-refractivity contribution < 1.29 is 24.2 Å². The molecule has 1 saturated heterocycles. The number of hydrogen-bond acceptors (Lipinski definition) is 5. The standard InChI is InChI=1S/C17H21BrN2O5/c1-16(2,18)17(24,15(23)25-3)20-10-12(14(20)22)19-13(21)9-11-7-5-4-6-8-11/h4-8,12,24H,9-10H2,1-3H3,(H,19,21). The predicted octanol–water partition coefficient (Wildman–Crippen LogP) is 0.591. The van der Waals surface area contributed by atoms with E-state index in [0.29, 0.717) is 0 Å². The summed E-state index contributed by atoms with van der Waals surface area (Å²) >= 11 is 3.23. The van der Waals surface area contributed by atoms with Gasteiger partial charge in [-0.05, 0) is 19.4 Å². The number of alkyl halides is 1. The first-order valence-electron chi connectivity index (χ1n) is 7.75. The van der Waals surface area contributed by atoms with E-state index in [1.807, 2.05) is 30.3 Å². The largest absolute Gasteiger partial charge is 0.465 e. The van der Waals surface area contributed by atoms with Crippen molar-refractivity contribution in [3.05, 3.63) is 35.9 Å². The topological polar surface area (TPSA) is 95.9 Å². The highest BCUT2D eigenvalue weighted by Crippen LogP contribution is 2.38. The lowest BCUT2D eigenvalue weighted by Crippen LogP contribution is -2.77. The van der Waals surface area contributed by atoms with Crippen LogP contribution in [0.25, 0.3) is 0 Å². The highest BCUT2D eigenvalue weighted by molar-refractivity contribution is 9.10. The molecule has 0 radical (unpaired) electrons. The van der Waals surface area contributed by atoms with Gasteiger partial charge in [-0.25, -0.2) is 4.79 Å². The summed E-state index contributed by atoms with van der Waals surface area (Å²) in [7, 11) is 1.13. The molecule has 0 spiro atoms. The number of rotatable bonds is 6. The number of benzene rings is 1. The van der Waals surface area contributed by atoms with Gasteiger partial charge in [-0.15, -0.1) is 0 Å². The molecule has 1 heterocycles. The van der Waals surface area contributed by atoms with Crippen LogP contribution in [0.15, 0.2) is 30.3 Å². The molecule has 1 aliphatic rings. The van der Waals surface area contributed by atoms with Crippen LogP contribution in [0.4, 0.5) is 0 Å². The highest BCUT2D eigenvalue weighted by Gasteiger charge is 2.61. The molecule has 2 rings (SSSR count). The second-order valence-corrected chi connectivity index (χ2v) is 8.35. The Hall–Kier alpha value is -1.93. The maximum Gasteiger partial charge on any atom is 0.361 e. The SMILES string of the molecule is COC(=O)C(O)(N1CC(NC(=O)Cc2ccccc2)C1=O)C(C)(C)Br. The summed E-state index contributed by atoms with van der Waals surface area (Å²) in [6, 6.07) is 8.36. The number of aliphatic hydroxyl groups is 1. The van der Waals surface area contributed by atoms with Crippen molar-refractivity contribution >= 4 is 33.7 Å². The molecule has 1 aliphatic heterocycles. The second-order valence-electron chi connectivity index (χ2n) is 6.37. The number of ether oxygens (including phenoxy) is 1. The first-order valence-corrected chi connectivity index (χ1v) is 8.55. The van der Waals surface area contributed by atoms with Crippen LogP contribution in [-0.4, -0.2) is 57.5 Å². The molecule has 136 valence electrons. The maximum atomic E-state index is 12.4. The van der Waals surface area contributed by atoms with E-state index >= 15 is 0 Å². The Morgan fingerprint density at radius 2 is 1.96 bits per heavy atom. The van der Waals surface area contributed by atoms with Crippen LogP contribution in [0.5, 0.6) is 0 Å². The van der Waals surface area contributed by atoms with E-state index in [-0.39, 0.29) is 18.9 Å². The lowest BCUT2D eigenvalue weighted by Gasteiger charge is -2.51. The fraction of sp³-hybridized carbons (Fsp3) is 0.471. The fourth-order valence-corrected chi connectivity index (χ4v) is 3.04. The van der Waals surface area contributed by atoms with Crippen molar-refractivity contribution in [2.45, 2.75) is 36.4 Å². The van der Waals surface area contributed by atoms with E-state index in [4.69, 9.17) is 0 Å². The van der Waals surface area contributed by atoms with Crippen LogP contribution in [0.1, 0.15) is 19.4 Å². The molecule has 2 unspecified atom stereocenters. The lowest BCUT2D eigenvalue weighted by atomic mass is 9.91. The van der Waals surface area contributed by atoms with Crippen molar-refractivity contribution in [3.63, 3.8) is 0 Å². The van der Waals surface area contributed by atoms with Gasteiger partial charge in [0, 0.05) is 0 Å². The van der Waals surface area contributed by atoms with Gasteiger partial charge in [-0.2, -0.15) is 0 Å². The number of esters is 1. The van der Waals surface area contributed by atoms with Crippen LogP contribution >= 0.6 is 15.9 Å². The van der Waals surface area contributed by atoms with Gasteiger partial charge in [-0.3, -0.25) is 14.5 Å². The molecule has 1 aromatic rings. The van der Waals surface area contributed by atoms with E-state index in [0.717, 1.165) is 17.6 Å². The van der Waals surface area contributed by atoms with Crippen LogP contribution in [-0.2, 0) is 25.5 Å². The van der Waals surface area contributed by atoms with Crippen molar-refractivity contribution in [3.8, 4) is 0 Å². The Kier molecular flexibility index (Phi) is 5.53. The smallest absolute Gasteiger partial charge is 0.361 e. The molecule has 8 heteroatoms. The molecule has 2 atom stereocenters. The van der Waals surface area contributed by atoms with Crippen LogP contribution in [0, 0.1) is 0 Å². The zero-order chi connectivity index (χ0) is 18.8. The van der Waals surface area contributed by atoms with E-state index in [9.17, 15) is 19.5 Å². The molecule has 0 saturated carbocycles. The van der Waals surface area contributed by atoms with E-state index in [1.54, 1.807) is 13.8 Å². The average molecular weight is 413 g/mol. The van der Waals surface area contributed by atoms with Gasteiger partial charge in [-0.1, -0.05) is 46.3 Å². The molecule has 0 aliphatic carbocycles. The zero-order valence-electron chi connectivity index (χ0n) is 14.3. The van der Waals surface area contributed by atoms with Crippen molar-refractivity contribution in [2.24, 2.45) is 0 Å². The molecule has 1 aromatic carbocycles. The van der Waals surface area contributed by atoms with Gasteiger partial charge in [0.1, 0.15) is 6.04 Å². The number of nitrogens with zero attached hydrogens (tertiary/aromatic N) is 1. The number of carbonyl (C=O) groups is 3. The van der Waals surface area contributed by atoms with Crippen LogP contribution in [0.2, 0.25) is 0 Å². The number of halogens is 1. The summed E-state index contributed by atoms with van der Waals surface area (Å²) in [5.41, 5.74) is -1.34. The number of likely N-dealkylation sites (tertiary alicyclic amines) is 1. The number of hydrogen-bond donors (Lipinski definition) is 2. The van der Waals surface area contributed by atoms with Crippen molar-refractivity contribution in [1.82, 2.24) is 10.2 Å². The normalized spacial score (nSPS) is 19.6. The highest BCUT2D eigenvalue weighted by atomic mass is 79.9. The summed E-state index contributed by atoms with van der Waals surface area (Å²) in [5, 5.41) is 13.4. The fourth-order valence-electron chi connectivity index (χ4n) is 2.67. The van der Waals surface area contributed by atoms with Gasteiger partial charge in [0.25, 0.3) is 5.72 Å². The van der Waals surface area contributed by atoms with Gasteiger partial charge in [0.05, 0.1) is 24.4 Å². The second kappa shape index (κ2) is 7.13. The monoisotopic (exact) mass is 412 g/mol. The number of β-lactam (4-membered cyclic amide) rings is 1. The Morgan fingerprint density at radius 3 is 2.44 bits per heavy atom. The predicted molar refractivity (Wildman–Crippen MR) is 93.8 cm³/mol. The summed E-state index contributed by atoms with van der Waals surface area (Å²) in [6.45, 7) is 3.12. The third-order valence-electron chi connectivity index (χ3n) is 4.16. The molecule has 2 N–H and O–H groups in total. The van der Waals surface area contributed by atoms with Crippen LogP contribution < -0.4 is 5.32 Å². The Bertz CT molecular complexity index is 673. The zero-order valence-corrected chi connectivity index (χ0v) is 15.9. The van der Waals surface area contributed by atoms with Gasteiger partial charge >= 0.3 is 5.97 Å². The van der Waals surface area contributed by atoms with E-state index in [2.05, 4.69) is 26.0 Å². The number of methoxy groups -OCH3 is 1. The average Bonchev–Trinajstić information content (AvgIpc) is 2.56. The van der Waals surface area contributed by atoms with Crippen LogP contribution in [0.3, 0.4) is 0 Å².